The SMILES string of the molecule is C=CCc1cc(C(=O)N2CCCC2C(=O)N(C)C)cc(OC)c1OC. The molecule has 2 amide bonds. The highest BCUT2D eigenvalue weighted by atomic mass is 16.5. The zero-order valence-electron chi connectivity index (χ0n) is 15.4. The molecule has 2 rings (SSSR count). The van der Waals surface area contributed by atoms with Gasteiger partial charge in [0, 0.05) is 31.8 Å². The van der Waals surface area contributed by atoms with Crippen LogP contribution in [-0.4, -0.2) is 62.5 Å². The fraction of sp³-hybridized carbons (Fsp3) is 0.474. The van der Waals surface area contributed by atoms with E-state index in [2.05, 4.69) is 6.58 Å². The van der Waals surface area contributed by atoms with Gasteiger partial charge in [0.05, 0.1) is 14.2 Å². The molecule has 1 fully saturated rings. The molecule has 0 N–H and O–H groups in total. The standard InChI is InChI=1S/C19H26N2O4/c1-6-8-13-11-14(12-16(24-4)17(13)25-5)18(22)21-10-7-9-15(21)19(23)20(2)3/h6,11-12,15H,1,7-10H2,2-5H3. The Bertz CT molecular complexity index is 670. The number of methoxy groups -OCH3 is 2. The highest BCUT2D eigenvalue weighted by Gasteiger charge is 2.35. The molecule has 1 aliphatic rings. The van der Waals surface area contributed by atoms with Gasteiger partial charge in [-0.1, -0.05) is 6.08 Å². The van der Waals surface area contributed by atoms with Gasteiger partial charge in [-0.15, -0.1) is 6.58 Å². The van der Waals surface area contributed by atoms with Crippen LogP contribution < -0.4 is 9.47 Å². The van der Waals surface area contributed by atoms with E-state index in [0.717, 1.165) is 12.0 Å². The third kappa shape index (κ3) is 3.78. The Labute approximate surface area is 149 Å². The fourth-order valence-corrected chi connectivity index (χ4v) is 3.20. The zero-order valence-corrected chi connectivity index (χ0v) is 15.4. The summed E-state index contributed by atoms with van der Waals surface area (Å²) in [6, 6.07) is 3.06. The number of carbonyl (C=O) groups is 2. The van der Waals surface area contributed by atoms with Gasteiger partial charge in [0.25, 0.3) is 5.91 Å². The molecule has 0 saturated carbocycles. The summed E-state index contributed by atoms with van der Waals surface area (Å²) < 4.78 is 10.8. The Hall–Kier alpha value is -2.50. The minimum Gasteiger partial charge on any atom is -0.493 e. The van der Waals surface area contributed by atoms with E-state index >= 15 is 0 Å². The number of hydrogen-bond acceptors (Lipinski definition) is 4. The third-order valence-corrected chi connectivity index (χ3v) is 4.41. The Morgan fingerprint density at radius 1 is 1.32 bits per heavy atom. The zero-order chi connectivity index (χ0) is 18.6. The van der Waals surface area contributed by atoms with Crippen LogP contribution in [0.2, 0.25) is 0 Å². The number of likely N-dealkylation sites (N-methyl/N-ethyl adjacent to an activating group) is 1. The lowest BCUT2D eigenvalue weighted by Crippen LogP contribution is -2.45. The maximum Gasteiger partial charge on any atom is 0.254 e. The normalized spacial score (nSPS) is 16.5. The number of carbonyl (C=O) groups excluding carboxylic acids is 2. The summed E-state index contributed by atoms with van der Waals surface area (Å²) >= 11 is 0. The highest BCUT2D eigenvalue weighted by Crippen LogP contribution is 2.34. The van der Waals surface area contributed by atoms with Gasteiger partial charge in [-0.05, 0) is 31.4 Å². The van der Waals surface area contributed by atoms with Crippen LogP contribution in [0.3, 0.4) is 0 Å². The first-order valence-electron chi connectivity index (χ1n) is 8.32. The molecule has 1 atom stereocenters. The number of allylic oxidation sites excluding steroid dienone is 1. The van der Waals surface area contributed by atoms with Gasteiger partial charge in [-0.3, -0.25) is 9.59 Å². The second-order valence-corrected chi connectivity index (χ2v) is 6.25. The van der Waals surface area contributed by atoms with Crippen LogP contribution in [0.5, 0.6) is 11.5 Å². The quantitative estimate of drug-likeness (QED) is 0.741. The van der Waals surface area contributed by atoms with E-state index in [0.29, 0.717) is 36.4 Å². The summed E-state index contributed by atoms with van der Waals surface area (Å²) in [6.45, 7) is 4.33. The van der Waals surface area contributed by atoms with Gasteiger partial charge in [-0.2, -0.15) is 0 Å². The largest absolute Gasteiger partial charge is 0.493 e. The molecule has 1 saturated heterocycles. The summed E-state index contributed by atoms with van der Waals surface area (Å²) in [5.74, 6) is 0.891. The number of rotatable bonds is 6. The van der Waals surface area contributed by atoms with E-state index in [9.17, 15) is 9.59 Å². The summed E-state index contributed by atoms with van der Waals surface area (Å²) in [4.78, 5) is 28.6. The van der Waals surface area contributed by atoms with Crippen LogP contribution in [0.25, 0.3) is 0 Å². The van der Waals surface area contributed by atoms with Gasteiger partial charge >= 0.3 is 0 Å². The second kappa shape index (κ2) is 8.05. The van der Waals surface area contributed by atoms with Crippen molar-refractivity contribution in [2.45, 2.75) is 25.3 Å². The maximum atomic E-state index is 13.0. The summed E-state index contributed by atoms with van der Waals surface area (Å²) in [6.07, 6.45) is 3.82. The van der Waals surface area contributed by atoms with Crippen molar-refractivity contribution < 1.29 is 19.1 Å². The van der Waals surface area contributed by atoms with Crippen molar-refractivity contribution in [1.82, 2.24) is 9.80 Å². The molecule has 1 unspecified atom stereocenters. The van der Waals surface area contributed by atoms with Crippen molar-refractivity contribution in [3.05, 3.63) is 35.9 Å². The van der Waals surface area contributed by atoms with Crippen LogP contribution in [0.15, 0.2) is 24.8 Å². The van der Waals surface area contributed by atoms with Crippen LogP contribution >= 0.6 is 0 Å². The maximum absolute atomic E-state index is 13.0. The van der Waals surface area contributed by atoms with Crippen LogP contribution in [0, 0.1) is 0 Å². The molecule has 1 heterocycles. The Kier molecular flexibility index (Phi) is 6.07. The van der Waals surface area contributed by atoms with Gasteiger partial charge in [-0.25, -0.2) is 0 Å². The van der Waals surface area contributed by atoms with Crippen molar-refractivity contribution in [2.75, 3.05) is 34.9 Å². The first kappa shape index (κ1) is 18.8. The number of ether oxygens (including phenoxy) is 2. The molecule has 1 aromatic rings. The molecule has 1 aliphatic heterocycles. The smallest absolute Gasteiger partial charge is 0.254 e. The lowest BCUT2D eigenvalue weighted by atomic mass is 10.0. The van der Waals surface area contributed by atoms with E-state index in [1.807, 2.05) is 0 Å². The fourth-order valence-electron chi connectivity index (χ4n) is 3.20. The summed E-state index contributed by atoms with van der Waals surface area (Å²) in [7, 11) is 6.53. The molecule has 0 aromatic heterocycles. The van der Waals surface area contributed by atoms with E-state index in [1.54, 1.807) is 44.3 Å². The molecular formula is C19H26N2O4. The van der Waals surface area contributed by atoms with Gasteiger partial charge in [0.1, 0.15) is 6.04 Å². The molecule has 0 spiro atoms. The first-order valence-corrected chi connectivity index (χ1v) is 8.32. The van der Waals surface area contributed by atoms with E-state index in [1.165, 1.54) is 12.0 Å². The lowest BCUT2D eigenvalue weighted by molar-refractivity contribution is -0.132. The van der Waals surface area contributed by atoms with Crippen molar-refractivity contribution in [3.8, 4) is 11.5 Å². The van der Waals surface area contributed by atoms with Crippen molar-refractivity contribution in [2.24, 2.45) is 0 Å². The number of benzene rings is 1. The minimum absolute atomic E-state index is 0.0439. The summed E-state index contributed by atoms with van der Waals surface area (Å²) in [5.41, 5.74) is 1.32. The van der Waals surface area contributed by atoms with Crippen LogP contribution in [-0.2, 0) is 11.2 Å². The monoisotopic (exact) mass is 346 g/mol. The number of nitrogens with zero attached hydrogens (tertiary/aromatic N) is 2. The Morgan fingerprint density at radius 2 is 2.04 bits per heavy atom. The molecule has 6 nitrogen and oxygen atoms in total. The minimum atomic E-state index is -0.404. The molecule has 25 heavy (non-hydrogen) atoms. The second-order valence-electron chi connectivity index (χ2n) is 6.25. The van der Waals surface area contributed by atoms with Crippen LogP contribution in [0.4, 0.5) is 0 Å². The third-order valence-electron chi connectivity index (χ3n) is 4.41. The number of likely N-dealkylation sites (tertiary alicyclic amines) is 1. The molecule has 136 valence electrons. The average molecular weight is 346 g/mol. The molecule has 6 heteroatoms. The summed E-state index contributed by atoms with van der Waals surface area (Å²) in [5, 5.41) is 0. The molecule has 0 aliphatic carbocycles. The van der Waals surface area contributed by atoms with E-state index in [4.69, 9.17) is 9.47 Å². The van der Waals surface area contributed by atoms with Gasteiger partial charge in [0.2, 0.25) is 5.91 Å². The molecular weight excluding hydrogens is 320 g/mol. The average Bonchev–Trinajstić information content (AvgIpc) is 3.09. The number of hydrogen-bond donors (Lipinski definition) is 0. The molecule has 0 bridgehead atoms. The van der Waals surface area contributed by atoms with Gasteiger partial charge in [0.15, 0.2) is 11.5 Å². The van der Waals surface area contributed by atoms with E-state index in [-0.39, 0.29) is 11.8 Å². The highest BCUT2D eigenvalue weighted by molar-refractivity contribution is 5.98. The van der Waals surface area contributed by atoms with Crippen molar-refractivity contribution in [1.29, 1.82) is 0 Å². The molecule has 0 radical (unpaired) electrons. The predicted octanol–water partition coefficient (Wildman–Crippen LogP) is 2.13. The van der Waals surface area contributed by atoms with Gasteiger partial charge < -0.3 is 19.3 Å². The molecule has 1 aromatic carbocycles. The van der Waals surface area contributed by atoms with Crippen LogP contribution in [0.1, 0.15) is 28.8 Å². The number of amides is 2. The predicted molar refractivity (Wildman–Crippen MR) is 96.2 cm³/mol. The van der Waals surface area contributed by atoms with Crippen molar-refractivity contribution in [3.63, 3.8) is 0 Å². The first-order chi connectivity index (χ1) is 11.9. The Balaban J connectivity index is 2.39. The topological polar surface area (TPSA) is 59.1 Å². The van der Waals surface area contributed by atoms with Crippen molar-refractivity contribution >= 4 is 11.8 Å². The lowest BCUT2D eigenvalue weighted by Gasteiger charge is -2.26. The van der Waals surface area contributed by atoms with E-state index < -0.39 is 6.04 Å². The Morgan fingerprint density at radius 3 is 2.60 bits per heavy atom.